The van der Waals surface area contributed by atoms with Gasteiger partial charge in [-0.1, -0.05) is 11.6 Å². The minimum Gasteiger partial charge on any atom is -0.354 e. The molecule has 5 nitrogen and oxygen atoms in total. The standard InChI is InChI=1S/C16H23ClN4O/c1-19-7-9-20(10-8-19)15-12-13(11-14(17)18-15)16(22)21-5-3-2-4-6-21/h11-12H,2-10H2,1H3. The van der Waals surface area contributed by atoms with Crippen molar-refractivity contribution in [3.05, 3.63) is 22.8 Å². The highest BCUT2D eigenvalue weighted by Crippen LogP contribution is 2.22. The molecule has 0 aromatic carbocycles. The summed E-state index contributed by atoms with van der Waals surface area (Å²) >= 11 is 6.16. The number of rotatable bonds is 2. The van der Waals surface area contributed by atoms with Crippen molar-refractivity contribution >= 4 is 23.3 Å². The molecule has 0 aliphatic carbocycles. The Morgan fingerprint density at radius 2 is 1.73 bits per heavy atom. The summed E-state index contributed by atoms with van der Waals surface area (Å²) in [5, 5.41) is 0.400. The zero-order valence-electron chi connectivity index (χ0n) is 13.1. The smallest absolute Gasteiger partial charge is 0.254 e. The fourth-order valence-electron chi connectivity index (χ4n) is 3.08. The van der Waals surface area contributed by atoms with Gasteiger partial charge >= 0.3 is 0 Å². The summed E-state index contributed by atoms with van der Waals surface area (Å²) in [4.78, 5) is 23.5. The number of aromatic nitrogens is 1. The van der Waals surface area contributed by atoms with Gasteiger partial charge in [-0.2, -0.15) is 0 Å². The molecular weight excluding hydrogens is 300 g/mol. The highest BCUT2D eigenvalue weighted by molar-refractivity contribution is 6.29. The molecule has 0 N–H and O–H groups in total. The highest BCUT2D eigenvalue weighted by Gasteiger charge is 2.21. The Labute approximate surface area is 136 Å². The first kappa shape index (κ1) is 15.6. The number of anilines is 1. The number of hydrogen-bond donors (Lipinski definition) is 0. The van der Waals surface area contributed by atoms with Crippen molar-refractivity contribution in [2.45, 2.75) is 19.3 Å². The average Bonchev–Trinajstić information content (AvgIpc) is 2.55. The predicted octanol–water partition coefficient (Wildman–Crippen LogP) is 2.11. The van der Waals surface area contributed by atoms with Crippen LogP contribution in [0.15, 0.2) is 12.1 Å². The van der Waals surface area contributed by atoms with E-state index < -0.39 is 0 Å². The van der Waals surface area contributed by atoms with Crippen LogP contribution in [0.3, 0.4) is 0 Å². The number of likely N-dealkylation sites (tertiary alicyclic amines) is 1. The maximum atomic E-state index is 12.7. The first-order valence-electron chi connectivity index (χ1n) is 8.04. The van der Waals surface area contributed by atoms with E-state index in [2.05, 4.69) is 21.8 Å². The normalized spacial score (nSPS) is 20.3. The Morgan fingerprint density at radius 1 is 1.05 bits per heavy atom. The fraction of sp³-hybridized carbons (Fsp3) is 0.625. The number of carbonyl (C=O) groups excluding carboxylic acids is 1. The number of nitrogens with zero attached hydrogens (tertiary/aromatic N) is 4. The van der Waals surface area contributed by atoms with E-state index in [4.69, 9.17) is 11.6 Å². The number of amides is 1. The lowest BCUT2D eigenvalue weighted by molar-refractivity contribution is 0.0724. The third-order valence-electron chi connectivity index (χ3n) is 4.50. The van der Waals surface area contributed by atoms with Crippen molar-refractivity contribution < 1.29 is 4.79 Å². The minimum atomic E-state index is 0.0828. The third-order valence-corrected chi connectivity index (χ3v) is 4.69. The van der Waals surface area contributed by atoms with E-state index in [1.165, 1.54) is 6.42 Å². The first-order chi connectivity index (χ1) is 10.6. The molecule has 2 fully saturated rings. The molecule has 0 bridgehead atoms. The van der Waals surface area contributed by atoms with Crippen molar-refractivity contribution in [1.29, 1.82) is 0 Å². The molecule has 0 atom stereocenters. The molecule has 0 radical (unpaired) electrons. The maximum Gasteiger partial charge on any atom is 0.254 e. The zero-order chi connectivity index (χ0) is 15.5. The van der Waals surface area contributed by atoms with Gasteiger partial charge in [0.05, 0.1) is 0 Å². The summed E-state index contributed by atoms with van der Waals surface area (Å²) in [6.07, 6.45) is 3.40. The van der Waals surface area contributed by atoms with Crippen LogP contribution in [0.4, 0.5) is 5.82 Å². The number of likely N-dealkylation sites (N-methyl/N-ethyl adjacent to an activating group) is 1. The van der Waals surface area contributed by atoms with Crippen LogP contribution in [0.1, 0.15) is 29.6 Å². The SMILES string of the molecule is CN1CCN(c2cc(C(=O)N3CCCCC3)cc(Cl)n2)CC1. The van der Waals surface area contributed by atoms with E-state index >= 15 is 0 Å². The molecule has 1 aromatic heterocycles. The Morgan fingerprint density at radius 3 is 2.41 bits per heavy atom. The number of piperidine rings is 1. The molecule has 1 aromatic rings. The van der Waals surface area contributed by atoms with Crippen LogP contribution in [0.2, 0.25) is 5.15 Å². The van der Waals surface area contributed by atoms with Gasteiger partial charge in [-0.25, -0.2) is 4.98 Å². The molecule has 120 valence electrons. The number of piperazine rings is 1. The summed E-state index contributed by atoms with van der Waals surface area (Å²) in [7, 11) is 2.12. The van der Waals surface area contributed by atoms with Crippen LogP contribution in [0.5, 0.6) is 0 Å². The van der Waals surface area contributed by atoms with Crippen LogP contribution in [0.25, 0.3) is 0 Å². The monoisotopic (exact) mass is 322 g/mol. The zero-order valence-corrected chi connectivity index (χ0v) is 13.8. The molecule has 3 rings (SSSR count). The van der Waals surface area contributed by atoms with E-state index in [0.29, 0.717) is 10.7 Å². The topological polar surface area (TPSA) is 39.7 Å². The highest BCUT2D eigenvalue weighted by atomic mass is 35.5. The number of carbonyl (C=O) groups is 1. The molecule has 2 aliphatic heterocycles. The lowest BCUT2D eigenvalue weighted by Crippen LogP contribution is -2.45. The molecular formula is C16H23ClN4O. The summed E-state index contributed by atoms with van der Waals surface area (Å²) in [5.74, 6) is 0.903. The van der Waals surface area contributed by atoms with E-state index in [9.17, 15) is 4.79 Å². The van der Waals surface area contributed by atoms with Crippen LogP contribution in [0, 0.1) is 0 Å². The Kier molecular flexibility index (Phi) is 4.84. The second-order valence-corrected chi connectivity index (χ2v) is 6.57. The third kappa shape index (κ3) is 3.52. The number of pyridine rings is 1. The van der Waals surface area contributed by atoms with Gasteiger partial charge in [0.25, 0.3) is 5.91 Å². The largest absolute Gasteiger partial charge is 0.354 e. The van der Waals surface area contributed by atoms with Crippen molar-refractivity contribution in [1.82, 2.24) is 14.8 Å². The lowest BCUT2D eigenvalue weighted by atomic mass is 10.1. The van der Waals surface area contributed by atoms with E-state index in [1.54, 1.807) is 6.07 Å². The number of halogens is 1. The van der Waals surface area contributed by atoms with Crippen molar-refractivity contribution in [3.8, 4) is 0 Å². The van der Waals surface area contributed by atoms with Gasteiger partial charge in [0, 0.05) is 44.8 Å². The molecule has 0 saturated carbocycles. The van der Waals surface area contributed by atoms with Gasteiger partial charge in [-0.3, -0.25) is 4.79 Å². The Balaban J connectivity index is 1.78. The molecule has 0 spiro atoms. The Hall–Kier alpha value is -1.33. The summed E-state index contributed by atoms with van der Waals surface area (Å²) in [6.45, 7) is 5.54. The van der Waals surface area contributed by atoms with Gasteiger partial charge in [0.2, 0.25) is 0 Å². The molecule has 1 amide bonds. The molecule has 22 heavy (non-hydrogen) atoms. The predicted molar refractivity (Wildman–Crippen MR) is 88.7 cm³/mol. The first-order valence-corrected chi connectivity index (χ1v) is 8.41. The van der Waals surface area contributed by atoms with Gasteiger partial charge in [-0.15, -0.1) is 0 Å². The molecule has 2 saturated heterocycles. The molecule has 3 heterocycles. The van der Waals surface area contributed by atoms with Gasteiger partial charge < -0.3 is 14.7 Å². The molecule has 6 heteroatoms. The molecule has 0 unspecified atom stereocenters. The van der Waals surface area contributed by atoms with E-state index in [-0.39, 0.29) is 5.91 Å². The Bertz CT molecular complexity index is 537. The van der Waals surface area contributed by atoms with Gasteiger partial charge in [0.1, 0.15) is 11.0 Å². The fourth-order valence-corrected chi connectivity index (χ4v) is 3.29. The van der Waals surface area contributed by atoms with Crippen LogP contribution < -0.4 is 4.90 Å². The van der Waals surface area contributed by atoms with Crippen LogP contribution in [-0.2, 0) is 0 Å². The van der Waals surface area contributed by atoms with E-state index in [1.807, 2.05) is 11.0 Å². The number of hydrogen-bond acceptors (Lipinski definition) is 4. The average molecular weight is 323 g/mol. The second-order valence-electron chi connectivity index (χ2n) is 6.18. The maximum absolute atomic E-state index is 12.7. The van der Waals surface area contributed by atoms with Crippen molar-refractivity contribution in [3.63, 3.8) is 0 Å². The van der Waals surface area contributed by atoms with E-state index in [0.717, 1.165) is 57.9 Å². The summed E-state index contributed by atoms with van der Waals surface area (Å²) in [6, 6.07) is 3.59. The molecule has 2 aliphatic rings. The van der Waals surface area contributed by atoms with Crippen LogP contribution in [-0.4, -0.2) is 67.0 Å². The van der Waals surface area contributed by atoms with Gasteiger partial charge in [0.15, 0.2) is 0 Å². The second kappa shape index (κ2) is 6.84. The van der Waals surface area contributed by atoms with Crippen molar-refractivity contribution in [2.75, 3.05) is 51.2 Å². The quantitative estimate of drug-likeness (QED) is 0.782. The van der Waals surface area contributed by atoms with Crippen LogP contribution >= 0.6 is 11.6 Å². The minimum absolute atomic E-state index is 0.0828. The summed E-state index contributed by atoms with van der Waals surface area (Å²) in [5.41, 5.74) is 0.663. The lowest BCUT2D eigenvalue weighted by Gasteiger charge is -2.33. The van der Waals surface area contributed by atoms with Gasteiger partial charge in [-0.05, 0) is 38.4 Å². The van der Waals surface area contributed by atoms with Crippen molar-refractivity contribution in [2.24, 2.45) is 0 Å². The summed E-state index contributed by atoms with van der Waals surface area (Å²) < 4.78 is 0.